The number of aryl methyl sites for hydroxylation is 1. The molecule has 1 atom stereocenters. The largest absolute Gasteiger partial charge is 0.384 e. The Morgan fingerprint density at radius 3 is 2.69 bits per heavy atom. The number of amides is 1. The van der Waals surface area contributed by atoms with Crippen LogP contribution in [0.2, 0.25) is 0 Å². The SMILES string of the molecule is CCC(C)n1ncc2c(C(=O)NCC3(COC)CCNCC3)cc(C)nc21.Cl.Cl. The summed E-state index contributed by atoms with van der Waals surface area (Å²) in [5, 5.41) is 11.8. The average molecular weight is 446 g/mol. The Kier molecular flexibility index (Phi) is 9.82. The van der Waals surface area contributed by atoms with E-state index in [1.54, 1.807) is 13.3 Å². The lowest BCUT2D eigenvalue weighted by molar-refractivity contribution is 0.0512. The number of carbonyl (C=O) groups is 1. The van der Waals surface area contributed by atoms with Crippen molar-refractivity contribution in [2.45, 2.75) is 46.1 Å². The molecule has 0 saturated carbocycles. The average Bonchev–Trinajstić information content (AvgIpc) is 3.09. The first-order valence-corrected chi connectivity index (χ1v) is 9.82. The number of nitrogens with zero attached hydrogens (tertiary/aromatic N) is 3. The van der Waals surface area contributed by atoms with Gasteiger partial charge in [-0.2, -0.15) is 5.10 Å². The van der Waals surface area contributed by atoms with Gasteiger partial charge in [0.1, 0.15) is 0 Å². The third-order valence-electron chi connectivity index (χ3n) is 5.69. The lowest BCUT2D eigenvalue weighted by atomic mass is 9.79. The minimum atomic E-state index is -0.0665. The molecule has 1 amide bonds. The second-order valence-corrected chi connectivity index (χ2v) is 7.76. The van der Waals surface area contributed by atoms with E-state index < -0.39 is 0 Å². The summed E-state index contributed by atoms with van der Waals surface area (Å²) in [6.45, 7) is 9.34. The molecule has 1 aliphatic rings. The molecule has 2 aromatic heterocycles. The first kappa shape index (κ1) is 25.6. The topological polar surface area (TPSA) is 81.1 Å². The molecule has 1 saturated heterocycles. The summed E-state index contributed by atoms with van der Waals surface area (Å²) in [6, 6.07) is 2.10. The Bertz CT molecular complexity index is 800. The van der Waals surface area contributed by atoms with Crippen LogP contribution in [-0.2, 0) is 4.74 Å². The fraction of sp³-hybridized carbons (Fsp3) is 0.650. The second kappa shape index (κ2) is 11.1. The van der Waals surface area contributed by atoms with Gasteiger partial charge < -0.3 is 15.4 Å². The first-order chi connectivity index (χ1) is 13.0. The van der Waals surface area contributed by atoms with Crippen molar-refractivity contribution in [3.63, 3.8) is 0 Å². The van der Waals surface area contributed by atoms with E-state index in [-0.39, 0.29) is 42.2 Å². The van der Waals surface area contributed by atoms with E-state index >= 15 is 0 Å². The van der Waals surface area contributed by atoms with Crippen molar-refractivity contribution in [3.05, 3.63) is 23.5 Å². The van der Waals surface area contributed by atoms with E-state index in [1.807, 2.05) is 17.7 Å². The highest BCUT2D eigenvalue weighted by molar-refractivity contribution is 6.05. The molecule has 1 fully saturated rings. The number of rotatable bonds is 7. The highest BCUT2D eigenvalue weighted by Gasteiger charge is 2.32. The van der Waals surface area contributed by atoms with Crippen molar-refractivity contribution in [2.75, 3.05) is 33.4 Å². The number of methoxy groups -OCH3 is 1. The van der Waals surface area contributed by atoms with E-state index in [0.29, 0.717) is 18.7 Å². The summed E-state index contributed by atoms with van der Waals surface area (Å²) >= 11 is 0. The molecule has 0 spiro atoms. The predicted molar refractivity (Wildman–Crippen MR) is 121 cm³/mol. The quantitative estimate of drug-likeness (QED) is 0.682. The summed E-state index contributed by atoms with van der Waals surface area (Å²) in [7, 11) is 1.73. The van der Waals surface area contributed by atoms with Gasteiger partial charge in [-0.25, -0.2) is 9.67 Å². The number of hydrogen-bond donors (Lipinski definition) is 2. The van der Waals surface area contributed by atoms with Crippen LogP contribution in [0.4, 0.5) is 0 Å². The molecular formula is C20H33Cl2N5O2. The standard InChI is InChI=1S/C20H31N5O2.2ClH/c1-5-15(3)25-18-17(11-23-25)16(10-14(2)24-18)19(26)22-12-20(13-27-4)6-8-21-9-7-20;;/h10-11,15,21H,5-9,12-13H2,1-4H3,(H,22,26);2*1H. The maximum atomic E-state index is 13.0. The molecule has 1 unspecified atom stereocenters. The number of fused-ring (bicyclic) bond motifs is 1. The molecule has 1 aliphatic heterocycles. The zero-order valence-corrected chi connectivity index (χ0v) is 19.3. The number of halogens is 2. The smallest absolute Gasteiger partial charge is 0.252 e. The zero-order chi connectivity index (χ0) is 19.4. The third-order valence-corrected chi connectivity index (χ3v) is 5.69. The van der Waals surface area contributed by atoms with Crippen molar-refractivity contribution in [1.29, 1.82) is 0 Å². The Morgan fingerprint density at radius 1 is 1.38 bits per heavy atom. The highest BCUT2D eigenvalue weighted by Crippen LogP contribution is 2.29. The van der Waals surface area contributed by atoms with Gasteiger partial charge >= 0.3 is 0 Å². The molecule has 0 bridgehead atoms. The fourth-order valence-electron chi connectivity index (χ4n) is 3.82. The van der Waals surface area contributed by atoms with Crippen molar-refractivity contribution in [1.82, 2.24) is 25.4 Å². The molecule has 2 N–H and O–H groups in total. The Labute approximate surface area is 185 Å². The van der Waals surface area contributed by atoms with Crippen LogP contribution < -0.4 is 10.6 Å². The minimum Gasteiger partial charge on any atom is -0.384 e. The van der Waals surface area contributed by atoms with Crippen molar-refractivity contribution in [3.8, 4) is 0 Å². The number of nitrogens with one attached hydrogen (secondary N) is 2. The Hall–Kier alpha value is -1.41. The molecule has 164 valence electrons. The van der Waals surface area contributed by atoms with E-state index in [9.17, 15) is 4.79 Å². The summed E-state index contributed by atoms with van der Waals surface area (Å²) in [6.07, 6.45) is 4.72. The molecule has 29 heavy (non-hydrogen) atoms. The minimum absolute atomic E-state index is 0. The van der Waals surface area contributed by atoms with Crippen molar-refractivity contribution >= 4 is 41.8 Å². The van der Waals surface area contributed by atoms with Gasteiger partial charge in [0.2, 0.25) is 0 Å². The molecule has 9 heteroatoms. The van der Waals surface area contributed by atoms with Gasteiger partial charge in [0.25, 0.3) is 5.91 Å². The van der Waals surface area contributed by atoms with Gasteiger partial charge in [0.05, 0.1) is 29.8 Å². The Morgan fingerprint density at radius 2 is 2.07 bits per heavy atom. The molecule has 0 aromatic carbocycles. The number of carbonyl (C=O) groups excluding carboxylic acids is 1. The molecular weight excluding hydrogens is 413 g/mol. The number of pyridine rings is 1. The van der Waals surface area contributed by atoms with E-state index in [1.165, 1.54) is 0 Å². The van der Waals surface area contributed by atoms with Crippen LogP contribution in [0.1, 0.15) is 55.2 Å². The summed E-state index contributed by atoms with van der Waals surface area (Å²) in [5.41, 5.74) is 2.25. The summed E-state index contributed by atoms with van der Waals surface area (Å²) < 4.78 is 7.37. The maximum absolute atomic E-state index is 13.0. The van der Waals surface area contributed by atoms with Gasteiger partial charge in [-0.3, -0.25) is 4.79 Å². The predicted octanol–water partition coefficient (Wildman–Crippen LogP) is 3.30. The van der Waals surface area contributed by atoms with Crippen LogP contribution >= 0.6 is 24.8 Å². The van der Waals surface area contributed by atoms with E-state index in [0.717, 1.165) is 49.1 Å². The molecule has 2 aromatic rings. The Balaban J connectivity index is 0.00000210. The molecule has 0 aliphatic carbocycles. The monoisotopic (exact) mass is 445 g/mol. The molecule has 3 heterocycles. The van der Waals surface area contributed by atoms with Crippen LogP contribution in [0.5, 0.6) is 0 Å². The van der Waals surface area contributed by atoms with Crippen molar-refractivity contribution < 1.29 is 9.53 Å². The third kappa shape index (κ3) is 5.60. The molecule has 3 rings (SSSR count). The van der Waals surface area contributed by atoms with Crippen LogP contribution in [0.15, 0.2) is 12.3 Å². The maximum Gasteiger partial charge on any atom is 0.252 e. The van der Waals surface area contributed by atoms with Crippen LogP contribution in [-0.4, -0.2) is 54.0 Å². The molecule has 7 nitrogen and oxygen atoms in total. The van der Waals surface area contributed by atoms with Gasteiger partial charge in [0, 0.05) is 24.8 Å². The normalized spacial score (nSPS) is 16.6. The van der Waals surface area contributed by atoms with Crippen molar-refractivity contribution in [2.24, 2.45) is 5.41 Å². The number of aromatic nitrogens is 3. The van der Waals surface area contributed by atoms with E-state index in [2.05, 4.69) is 34.6 Å². The van der Waals surface area contributed by atoms with Crippen LogP contribution in [0.3, 0.4) is 0 Å². The van der Waals surface area contributed by atoms with Crippen LogP contribution in [0.25, 0.3) is 11.0 Å². The number of hydrogen-bond acceptors (Lipinski definition) is 5. The van der Waals surface area contributed by atoms with Gasteiger partial charge in [-0.15, -0.1) is 24.8 Å². The zero-order valence-electron chi connectivity index (χ0n) is 17.7. The summed E-state index contributed by atoms with van der Waals surface area (Å²) in [5.74, 6) is -0.0665. The lowest BCUT2D eigenvalue weighted by Crippen LogP contribution is -2.47. The van der Waals surface area contributed by atoms with Crippen LogP contribution in [0, 0.1) is 12.3 Å². The van der Waals surface area contributed by atoms with Gasteiger partial charge in [-0.1, -0.05) is 6.92 Å². The lowest BCUT2D eigenvalue weighted by Gasteiger charge is -2.37. The van der Waals surface area contributed by atoms with Gasteiger partial charge in [-0.05, 0) is 52.3 Å². The first-order valence-electron chi connectivity index (χ1n) is 9.82. The molecule has 0 radical (unpaired) electrons. The fourth-order valence-corrected chi connectivity index (χ4v) is 3.82. The highest BCUT2D eigenvalue weighted by atomic mass is 35.5. The van der Waals surface area contributed by atoms with E-state index in [4.69, 9.17) is 4.74 Å². The number of ether oxygens (including phenoxy) is 1. The second-order valence-electron chi connectivity index (χ2n) is 7.76. The number of piperidine rings is 1. The summed E-state index contributed by atoms with van der Waals surface area (Å²) in [4.78, 5) is 17.6. The van der Waals surface area contributed by atoms with Gasteiger partial charge in [0.15, 0.2) is 5.65 Å².